The van der Waals surface area contributed by atoms with E-state index in [0.717, 1.165) is 0 Å². The standard InChI is InChI=1S/C16H25N5O3/c17-16(18)20-9-4-8-13(15(24)19-10-5-11-22)21-14(23)12-6-2-1-3-7-12/h1-3,6-7,13,22H,4-5,8-11H2,(H,19,24)(H,21,23)(H4,17,18,20)/t13-/m0/s1. The van der Waals surface area contributed by atoms with Crippen LogP contribution in [0.25, 0.3) is 0 Å². The molecule has 0 aromatic heterocycles. The molecule has 0 saturated carbocycles. The van der Waals surface area contributed by atoms with E-state index in [0.29, 0.717) is 37.9 Å². The van der Waals surface area contributed by atoms with E-state index in [4.69, 9.17) is 16.6 Å². The van der Waals surface area contributed by atoms with Gasteiger partial charge in [-0.25, -0.2) is 0 Å². The molecule has 0 radical (unpaired) electrons. The predicted octanol–water partition coefficient (Wildman–Crippen LogP) is -0.663. The zero-order valence-corrected chi connectivity index (χ0v) is 13.6. The average Bonchev–Trinajstić information content (AvgIpc) is 2.58. The summed E-state index contributed by atoms with van der Waals surface area (Å²) >= 11 is 0. The van der Waals surface area contributed by atoms with Gasteiger partial charge >= 0.3 is 0 Å². The van der Waals surface area contributed by atoms with Gasteiger partial charge in [0.15, 0.2) is 5.96 Å². The molecule has 7 N–H and O–H groups in total. The third-order valence-corrected chi connectivity index (χ3v) is 3.24. The zero-order valence-electron chi connectivity index (χ0n) is 13.6. The number of carbonyl (C=O) groups is 2. The fourth-order valence-electron chi connectivity index (χ4n) is 2.02. The average molecular weight is 335 g/mol. The summed E-state index contributed by atoms with van der Waals surface area (Å²) in [6, 6.07) is 7.98. The molecule has 0 saturated heterocycles. The number of benzene rings is 1. The van der Waals surface area contributed by atoms with Crippen molar-refractivity contribution in [3.05, 3.63) is 35.9 Å². The van der Waals surface area contributed by atoms with Crippen molar-refractivity contribution in [2.75, 3.05) is 19.7 Å². The minimum Gasteiger partial charge on any atom is -0.396 e. The molecule has 8 heteroatoms. The van der Waals surface area contributed by atoms with E-state index in [1.54, 1.807) is 24.3 Å². The van der Waals surface area contributed by atoms with E-state index in [9.17, 15) is 9.59 Å². The third kappa shape index (κ3) is 7.59. The van der Waals surface area contributed by atoms with Gasteiger partial charge in [-0.3, -0.25) is 14.6 Å². The molecule has 24 heavy (non-hydrogen) atoms. The molecule has 0 heterocycles. The molecule has 0 aliphatic heterocycles. The van der Waals surface area contributed by atoms with Crippen LogP contribution in [-0.4, -0.2) is 48.6 Å². The molecule has 0 unspecified atom stereocenters. The summed E-state index contributed by atoms with van der Waals surface area (Å²) in [7, 11) is 0. The number of nitrogens with one attached hydrogen (secondary N) is 2. The first kappa shape index (κ1) is 19.4. The van der Waals surface area contributed by atoms with Crippen molar-refractivity contribution in [3.63, 3.8) is 0 Å². The SMILES string of the molecule is NC(N)=NCCC[C@H](NC(=O)c1ccccc1)C(=O)NCCCO. The summed E-state index contributed by atoms with van der Waals surface area (Å²) in [5.41, 5.74) is 11.0. The Morgan fingerprint density at radius 3 is 2.50 bits per heavy atom. The summed E-state index contributed by atoms with van der Waals surface area (Å²) in [5.74, 6) is -0.621. The van der Waals surface area contributed by atoms with E-state index in [1.807, 2.05) is 6.07 Å². The molecule has 1 aromatic carbocycles. The number of hydrogen-bond donors (Lipinski definition) is 5. The Kier molecular flexibility index (Phi) is 8.91. The molecular weight excluding hydrogens is 310 g/mol. The maximum absolute atomic E-state index is 12.2. The van der Waals surface area contributed by atoms with Gasteiger partial charge in [0, 0.05) is 25.3 Å². The highest BCUT2D eigenvalue weighted by Gasteiger charge is 2.20. The molecule has 1 atom stereocenters. The van der Waals surface area contributed by atoms with Crippen molar-refractivity contribution < 1.29 is 14.7 Å². The van der Waals surface area contributed by atoms with Crippen LogP contribution in [0, 0.1) is 0 Å². The molecule has 0 fully saturated rings. The molecule has 0 bridgehead atoms. The number of aliphatic hydroxyl groups is 1. The van der Waals surface area contributed by atoms with Crippen LogP contribution in [0.1, 0.15) is 29.6 Å². The fraction of sp³-hybridized carbons (Fsp3) is 0.438. The van der Waals surface area contributed by atoms with Crippen molar-refractivity contribution in [3.8, 4) is 0 Å². The minimum absolute atomic E-state index is 0.00716. The lowest BCUT2D eigenvalue weighted by Crippen LogP contribution is -2.47. The van der Waals surface area contributed by atoms with Crippen LogP contribution in [-0.2, 0) is 4.79 Å². The Morgan fingerprint density at radius 2 is 1.88 bits per heavy atom. The van der Waals surface area contributed by atoms with Crippen molar-refractivity contribution in [2.45, 2.75) is 25.3 Å². The van der Waals surface area contributed by atoms with Crippen molar-refractivity contribution in [1.29, 1.82) is 0 Å². The minimum atomic E-state index is -0.689. The molecule has 1 rings (SSSR count). The Morgan fingerprint density at radius 1 is 1.17 bits per heavy atom. The van der Waals surface area contributed by atoms with Gasteiger partial charge in [-0.15, -0.1) is 0 Å². The van der Waals surface area contributed by atoms with Gasteiger partial charge in [0.25, 0.3) is 5.91 Å². The van der Waals surface area contributed by atoms with Crippen LogP contribution >= 0.6 is 0 Å². The second kappa shape index (κ2) is 11.0. The number of hydrogen-bond acceptors (Lipinski definition) is 4. The highest BCUT2D eigenvalue weighted by Crippen LogP contribution is 2.03. The van der Waals surface area contributed by atoms with E-state index in [-0.39, 0.29) is 24.4 Å². The summed E-state index contributed by atoms with van der Waals surface area (Å²) in [6.45, 7) is 0.719. The summed E-state index contributed by atoms with van der Waals surface area (Å²) in [4.78, 5) is 28.3. The third-order valence-electron chi connectivity index (χ3n) is 3.24. The molecular formula is C16H25N5O3. The van der Waals surface area contributed by atoms with E-state index < -0.39 is 6.04 Å². The Hall–Kier alpha value is -2.61. The van der Waals surface area contributed by atoms with Crippen LogP contribution in [0.2, 0.25) is 0 Å². The van der Waals surface area contributed by atoms with Crippen LogP contribution in [0.3, 0.4) is 0 Å². The quantitative estimate of drug-likeness (QED) is 0.219. The first-order chi connectivity index (χ1) is 11.5. The normalized spacial score (nSPS) is 11.4. The van der Waals surface area contributed by atoms with Crippen LogP contribution in [0.5, 0.6) is 0 Å². The Bertz CT molecular complexity index is 544. The lowest BCUT2D eigenvalue weighted by Gasteiger charge is -2.18. The van der Waals surface area contributed by atoms with Crippen molar-refractivity contribution in [2.24, 2.45) is 16.5 Å². The predicted molar refractivity (Wildman–Crippen MR) is 92.3 cm³/mol. The zero-order chi connectivity index (χ0) is 17.8. The topological polar surface area (TPSA) is 143 Å². The number of rotatable bonds is 10. The number of guanidine groups is 1. The molecule has 132 valence electrons. The molecule has 0 aliphatic rings. The lowest BCUT2D eigenvalue weighted by molar-refractivity contribution is -0.123. The molecule has 8 nitrogen and oxygen atoms in total. The van der Waals surface area contributed by atoms with Gasteiger partial charge in [0.2, 0.25) is 5.91 Å². The molecule has 0 spiro atoms. The first-order valence-electron chi connectivity index (χ1n) is 7.84. The second-order valence-corrected chi connectivity index (χ2v) is 5.21. The van der Waals surface area contributed by atoms with Gasteiger partial charge in [-0.2, -0.15) is 0 Å². The summed E-state index contributed by atoms with van der Waals surface area (Å²) < 4.78 is 0. The number of aliphatic hydroxyl groups excluding tert-OH is 1. The van der Waals surface area contributed by atoms with Gasteiger partial charge < -0.3 is 27.2 Å². The monoisotopic (exact) mass is 335 g/mol. The first-order valence-corrected chi connectivity index (χ1v) is 7.84. The number of carbonyl (C=O) groups excluding carboxylic acids is 2. The molecule has 0 aliphatic carbocycles. The summed E-state index contributed by atoms with van der Waals surface area (Å²) in [6.07, 6.45) is 1.41. The fourth-order valence-corrected chi connectivity index (χ4v) is 2.02. The van der Waals surface area contributed by atoms with Crippen molar-refractivity contribution >= 4 is 17.8 Å². The molecule has 2 amide bonds. The van der Waals surface area contributed by atoms with E-state index >= 15 is 0 Å². The number of nitrogens with two attached hydrogens (primary N) is 2. The van der Waals surface area contributed by atoms with Gasteiger partial charge in [0.05, 0.1) is 0 Å². The smallest absolute Gasteiger partial charge is 0.251 e. The van der Waals surface area contributed by atoms with Gasteiger partial charge in [-0.1, -0.05) is 18.2 Å². The van der Waals surface area contributed by atoms with Crippen LogP contribution < -0.4 is 22.1 Å². The van der Waals surface area contributed by atoms with E-state index in [2.05, 4.69) is 15.6 Å². The van der Waals surface area contributed by atoms with E-state index in [1.165, 1.54) is 0 Å². The van der Waals surface area contributed by atoms with Crippen LogP contribution in [0.4, 0.5) is 0 Å². The Balaban J connectivity index is 2.63. The Labute approximate surface area is 141 Å². The maximum Gasteiger partial charge on any atom is 0.251 e. The van der Waals surface area contributed by atoms with Crippen molar-refractivity contribution in [1.82, 2.24) is 10.6 Å². The summed E-state index contributed by atoms with van der Waals surface area (Å²) in [5, 5.41) is 14.2. The van der Waals surface area contributed by atoms with Crippen LogP contribution in [0.15, 0.2) is 35.3 Å². The second-order valence-electron chi connectivity index (χ2n) is 5.21. The lowest BCUT2D eigenvalue weighted by atomic mass is 10.1. The highest BCUT2D eigenvalue weighted by atomic mass is 16.3. The maximum atomic E-state index is 12.2. The van der Waals surface area contributed by atoms with Gasteiger partial charge in [0.1, 0.15) is 6.04 Å². The highest BCUT2D eigenvalue weighted by molar-refractivity contribution is 5.97. The largest absolute Gasteiger partial charge is 0.396 e. The molecule has 1 aromatic rings. The number of amides is 2. The number of aliphatic imine (C=N–C) groups is 1. The van der Waals surface area contributed by atoms with Gasteiger partial charge in [-0.05, 0) is 31.4 Å². The number of nitrogens with zero attached hydrogens (tertiary/aromatic N) is 1.